The monoisotopic (exact) mass is 266 g/mol. The largest absolute Gasteiger partial charge is 0.496 e. The van der Waals surface area contributed by atoms with Crippen LogP contribution in [0.3, 0.4) is 0 Å². The van der Waals surface area contributed by atoms with Crippen molar-refractivity contribution >= 4 is 0 Å². The Morgan fingerprint density at radius 2 is 1.95 bits per heavy atom. The molecule has 0 saturated heterocycles. The van der Waals surface area contributed by atoms with Gasteiger partial charge in [0.15, 0.2) is 0 Å². The lowest BCUT2D eigenvalue weighted by Crippen LogP contribution is -2.36. The van der Waals surface area contributed by atoms with Crippen LogP contribution in [0, 0.1) is 0 Å². The minimum atomic E-state index is -0.619. The Morgan fingerprint density at radius 1 is 1.32 bits per heavy atom. The van der Waals surface area contributed by atoms with E-state index in [-0.39, 0.29) is 12.6 Å². The van der Waals surface area contributed by atoms with Crippen LogP contribution >= 0.6 is 0 Å². The Bertz CT molecular complexity index is 405. The first-order valence-electron chi connectivity index (χ1n) is 6.64. The maximum atomic E-state index is 10.2. The molecule has 2 unspecified atom stereocenters. The normalized spacial score (nSPS) is 14.8. The number of benzene rings is 1. The molecule has 0 heterocycles. The van der Waals surface area contributed by atoms with Crippen LogP contribution in [-0.4, -0.2) is 43.9 Å². The number of nitrogens with two attached hydrogens (primary N) is 1. The third kappa shape index (κ3) is 3.69. The van der Waals surface area contributed by atoms with Crippen LogP contribution in [0.15, 0.2) is 18.2 Å². The van der Waals surface area contributed by atoms with E-state index < -0.39 is 6.10 Å². The van der Waals surface area contributed by atoms with Gasteiger partial charge in [-0.2, -0.15) is 0 Å². The average molecular weight is 266 g/mol. The Labute approximate surface area is 116 Å². The first kappa shape index (κ1) is 16.0. The van der Waals surface area contributed by atoms with Gasteiger partial charge < -0.3 is 15.6 Å². The number of hydrogen-bond acceptors (Lipinski definition) is 4. The molecule has 4 nitrogen and oxygen atoms in total. The predicted molar refractivity (Wildman–Crippen MR) is 78.6 cm³/mol. The zero-order valence-corrected chi connectivity index (χ0v) is 12.6. The van der Waals surface area contributed by atoms with Gasteiger partial charge in [-0.3, -0.25) is 4.90 Å². The lowest BCUT2D eigenvalue weighted by Gasteiger charge is -2.30. The molecule has 0 radical (unpaired) electrons. The van der Waals surface area contributed by atoms with Crippen molar-refractivity contribution in [3.8, 4) is 5.75 Å². The van der Waals surface area contributed by atoms with Gasteiger partial charge in [-0.05, 0) is 31.6 Å². The summed E-state index contributed by atoms with van der Waals surface area (Å²) in [6.07, 6.45) is -0.619. The fourth-order valence-electron chi connectivity index (χ4n) is 2.30. The molecule has 0 aliphatic carbocycles. The fourth-order valence-corrected chi connectivity index (χ4v) is 2.30. The number of aliphatic hydroxyl groups excluding tert-OH is 1. The smallest absolute Gasteiger partial charge is 0.123 e. The molecule has 0 aliphatic heterocycles. The summed E-state index contributed by atoms with van der Waals surface area (Å²) in [5.41, 5.74) is 7.83. The highest BCUT2D eigenvalue weighted by Gasteiger charge is 2.25. The van der Waals surface area contributed by atoms with Crippen LogP contribution in [0.25, 0.3) is 0 Å². The molecule has 1 aromatic carbocycles. The molecule has 19 heavy (non-hydrogen) atoms. The number of nitrogens with zero attached hydrogens (tertiary/aromatic N) is 1. The summed E-state index contributed by atoms with van der Waals surface area (Å²) in [5.74, 6) is 1.22. The topological polar surface area (TPSA) is 58.7 Å². The third-order valence-electron chi connectivity index (χ3n) is 3.40. The minimum absolute atomic E-state index is 0.168. The molecule has 0 fully saturated rings. The van der Waals surface area contributed by atoms with Crippen LogP contribution in [0.1, 0.15) is 36.9 Å². The first-order valence-corrected chi connectivity index (χ1v) is 6.64. The number of hydrogen-bond donors (Lipinski definition) is 2. The maximum Gasteiger partial charge on any atom is 0.123 e. The van der Waals surface area contributed by atoms with Crippen LogP contribution in [-0.2, 0) is 0 Å². The molecular weight excluding hydrogens is 240 g/mol. The van der Waals surface area contributed by atoms with E-state index in [0.717, 1.165) is 11.3 Å². The first-order chi connectivity index (χ1) is 8.92. The lowest BCUT2D eigenvalue weighted by atomic mass is 9.93. The predicted octanol–water partition coefficient (Wildman–Crippen LogP) is 1.74. The van der Waals surface area contributed by atoms with E-state index in [0.29, 0.717) is 5.92 Å². The molecule has 2 atom stereocenters. The SMILES string of the molecule is COc1ccc(C(C)C)cc1C(C(O)CN)N(C)C. The molecule has 0 aromatic heterocycles. The van der Waals surface area contributed by atoms with Gasteiger partial charge in [0.25, 0.3) is 0 Å². The summed E-state index contributed by atoms with van der Waals surface area (Å²) in [5, 5.41) is 10.2. The highest BCUT2D eigenvalue weighted by Crippen LogP contribution is 2.33. The molecular formula is C15H26N2O2. The Kier molecular flexibility index (Phi) is 5.79. The van der Waals surface area contributed by atoms with Gasteiger partial charge in [0.1, 0.15) is 5.75 Å². The van der Waals surface area contributed by atoms with Gasteiger partial charge in [-0.15, -0.1) is 0 Å². The van der Waals surface area contributed by atoms with Crippen molar-refractivity contribution in [1.29, 1.82) is 0 Å². The van der Waals surface area contributed by atoms with Crippen molar-refractivity contribution < 1.29 is 9.84 Å². The zero-order valence-electron chi connectivity index (χ0n) is 12.6. The Balaban J connectivity index is 3.29. The molecule has 1 rings (SSSR count). The Morgan fingerprint density at radius 3 is 2.37 bits per heavy atom. The van der Waals surface area contributed by atoms with Crippen molar-refractivity contribution in [2.24, 2.45) is 5.73 Å². The molecule has 3 N–H and O–H groups in total. The third-order valence-corrected chi connectivity index (χ3v) is 3.40. The van der Waals surface area contributed by atoms with Gasteiger partial charge >= 0.3 is 0 Å². The Hall–Kier alpha value is -1.10. The van der Waals surface area contributed by atoms with Crippen molar-refractivity contribution in [2.75, 3.05) is 27.7 Å². The second kappa shape index (κ2) is 6.89. The van der Waals surface area contributed by atoms with Crippen LogP contribution in [0.2, 0.25) is 0 Å². The average Bonchev–Trinajstić information content (AvgIpc) is 2.38. The second-order valence-corrected chi connectivity index (χ2v) is 5.37. The van der Waals surface area contributed by atoms with E-state index in [9.17, 15) is 5.11 Å². The summed E-state index contributed by atoms with van der Waals surface area (Å²) in [6, 6.07) is 5.96. The van der Waals surface area contributed by atoms with Crippen molar-refractivity contribution in [3.63, 3.8) is 0 Å². The summed E-state index contributed by atoms with van der Waals surface area (Å²) >= 11 is 0. The second-order valence-electron chi connectivity index (χ2n) is 5.37. The number of rotatable bonds is 6. The standard InChI is InChI=1S/C15H26N2O2/c1-10(2)11-6-7-14(19-5)12(8-11)15(17(3)4)13(18)9-16/h6-8,10,13,15,18H,9,16H2,1-5H3. The summed E-state index contributed by atoms with van der Waals surface area (Å²) in [4.78, 5) is 1.97. The van der Waals surface area contributed by atoms with Crippen LogP contribution < -0.4 is 10.5 Å². The number of methoxy groups -OCH3 is 1. The van der Waals surface area contributed by atoms with E-state index in [1.165, 1.54) is 5.56 Å². The minimum Gasteiger partial charge on any atom is -0.496 e. The zero-order chi connectivity index (χ0) is 14.6. The molecule has 0 aliphatic rings. The number of likely N-dealkylation sites (N-methyl/N-ethyl adjacent to an activating group) is 1. The van der Waals surface area contributed by atoms with Gasteiger partial charge in [0, 0.05) is 12.1 Å². The van der Waals surface area contributed by atoms with Gasteiger partial charge in [0.2, 0.25) is 0 Å². The van der Waals surface area contributed by atoms with E-state index in [1.54, 1.807) is 7.11 Å². The van der Waals surface area contributed by atoms with E-state index >= 15 is 0 Å². The highest BCUT2D eigenvalue weighted by molar-refractivity contribution is 5.41. The molecule has 1 aromatic rings. The van der Waals surface area contributed by atoms with Gasteiger partial charge in [0.05, 0.1) is 19.3 Å². The van der Waals surface area contributed by atoms with Crippen LogP contribution in [0.5, 0.6) is 5.75 Å². The number of ether oxygens (including phenoxy) is 1. The lowest BCUT2D eigenvalue weighted by molar-refractivity contribution is 0.0807. The van der Waals surface area contributed by atoms with E-state index in [1.807, 2.05) is 25.1 Å². The number of aliphatic hydroxyl groups is 1. The molecule has 4 heteroatoms. The highest BCUT2D eigenvalue weighted by atomic mass is 16.5. The molecule has 0 spiro atoms. The van der Waals surface area contributed by atoms with E-state index in [4.69, 9.17) is 10.5 Å². The molecule has 0 bridgehead atoms. The van der Waals surface area contributed by atoms with E-state index in [2.05, 4.69) is 26.0 Å². The summed E-state index contributed by atoms with van der Waals surface area (Å²) < 4.78 is 5.43. The molecule has 0 amide bonds. The maximum absolute atomic E-state index is 10.2. The van der Waals surface area contributed by atoms with Crippen LogP contribution in [0.4, 0.5) is 0 Å². The van der Waals surface area contributed by atoms with Crippen molar-refractivity contribution in [3.05, 3.63) is 29.3 Å². The van der Waals surface area contributed by atoms with Gasteiger partial charge in [-0.1, -0.05) is 26.0 Å². The fraction of sp³-hybridized carbons (Fsp3) is 0.600. The molecule has 108 valence electrons. The quantitative estimate of drug-likeness (QED) is 0.823. The van der Waals surface area contributed by atoms with Crippen molar-refractivity contribution in [2.45, 2.75) is 31.9 Å². The molecule has 0 saturated carbocycles. The summed E-state index contributed by atoms with van der Waals surface area (Å²) in [6.45, 7) is 4.52. The van der Waals surface area contributed by atoms with Crippen molar-refractivity contribution in [1.82, 2.24) is 4.90 Å². The summed E-state index contributed by atoms with van der Waals surface area (Å²) in [7, 11) is 5.52. The van der Waals surface area contributed by atoms with Gasteiger partial charge in [-0.25, -0.2) is 0 Å².